The highest BCUT2D eigenvalue weighted by atomic mass is 32.1. The summed E-state index contributed by atoms with van der Waals surface area (Å²) >= 11 is 4.25. The first-order valence-electron chi connectivity index (χ1n) is 5.93. The Morgan fingerprint density at radius 3 is 2.27 bits per heavy atom. The van der Waals surface area contributed by atoms with Gasteiger partial charge in [-0.15, -0.1) is 0 Å². The molecule has 0 aromatic heterocycles. The van der Waals surface area contributed by atoms with Gasteiger partial charge in [0.15, 0.2) is 0 Å². The van der Waals surface area contributed by atoms with E-state index < -0.39 is 0 Å². The number of thiol groups is 1. The molecule has 0 aromatic rings. The third-order valence-corrected chi connectivity index (χ3v) is 3.93. The van der Waals surface area contributed by atoms with Crippen LogP contribution in [0.4, 0.5) is 0 Å². The van der Waals surface area contributed by atoms with E-state index in [-0.39, 0.29) is 0 Å². The third-order valence-electron chi connectivity index (χ3n) is 3.48. The second-order valence-corrected chi connectivity index (χ2v) is 6.14. The molecule has 1 saturated heterocycles. The molecular weight excluding hydrogens is 202 g/mol. The van der Waals surface area contributed by atoms with Gasteiger partial charge in [0.1, 0.15) is 0 Å². The minimum absolute atomic E-state index is 0.479. The third kappa shape index (κ3) is 4.20. The molecule has 0 atom stereocenters. The summed E-state index contributed by atoms with van der Waals surface area (Å²) in [6.07, 6.45) is 2.67. The predicted molar refractivity (Wildman–Crippen MR) is 71.6 cm³/mol. The van der Waals surface area contributed by atoms with Crippen molar-refractivity contribution in [2.45, 2.75) is 33.6 Å². The minimum Gasteiger partial charge on any atom is -0.299 e. The molecule has 0 unspecified atom stereocenters. The molecule has 1 heterocycles. The summed E-state index contributed by atoms with van der Waals surface area (Å²) in [5.41, 5.74) is 1.72. The van der Waals surface area contributed by atoms with Gasteiger partial charge in [-0.25, -0.2) is 0 Å². The molecule has 1 aliphatic heterocycles. The van der Waals surface area contributed by atoms with Crippen molar-refractivity contribution < 1.29 is 0 Å². The molecular formula is C13H25NS. The molecule has 0 aromatic carbocycles. The molecule has 0 amide bonds. The second-order valence-electron chi connectivity index (χ2n) is 5.82. The Kier molecular flexibility index (Phi) is 4.72. The van der Waals surface area contributed by atoms with E-state index in [1.165, 1.54) is 31.5 Å². The Bertz CT molecular complexity index is 209. The average Bonchev–Trinajstić information content (AvgIpc) is 2.17. The van der Waals surface area contributed by atoms with Crippen LogP contribution in [0.1, 0.15) is 33.6 Å². The summed E-state index contributed by atoms with van der Waals surface area (Å²) < 4.78 is 0. The molecule has 88 valence electrons. The van der Waals surface area contributed by atoms with E-state index in [0.29, 0.717) is 5.41 Å². The molecule has 0 spiro atoms. The van der Waals surface area contributed by atoms with Crippen LogP contribution in [-0.4, -0.2) is 30.3 Å². The second kappa shape index (κ2) is 5.40. The molecule has 1 fully saturated rings. The van der Waals surface area contributed by atoms with Crippen LogP contribution in [0.2, 0.25) is 0 Å². The highest BCUT2D eigenvalue weighted by molar-refractivity contribution is 7.80. The summed E-state index contributed by atoms with van der Waals surface area (Å²) in [5, 5.41) is 0. The monoisotopic (exact) mass is 227 g/mol. The number of likely N-dealkylation sites (tertiary alicyclic amines) is 1. The lowest BCUT2D eigenvalue weighted by atomic mass is 9.75. The zero-order valence-electron chi connectivity index (χ0n) is 10.4. The highest BCUT2D eigenvalue weighted by Gasteiger charge is 2.28. The van der Waals surface area contributed by atoms with Gasteiger partial charge in [0.2, 0.25) is 0 Å². The van der Waals surface area contributed by atoms with Crippen molar-refractivity contribution in [1.82, 2.24) is 4.90 Å². The van der Waals surface area contributed by atoms with Crippen LogP contribution in [0.5, 0.6) is 0 Å². The number of piperidine rings is 1. The first kappa shape index (κ1) is 13.1. The summed E-state index contributed by atoms with van der Waals surface area (Å²) in [4.78, 5) is 2.51. The van der Waals surface area contributed by atoms with Gasteiger partial charge in [0, 0.05) is 12.3 Å². The molecule has 1 aliphatic rings. The first-order valence-corrected chi connectivity index (χ1v) is 6.56. The van der Waals surface area contributed by atoms with Crippen molar-refractivity contribution in [3.05, 3.63) is 12.2 Å². The fourth-order valence-electron chi connectivity index (χ4n) is 2.32. The Balaban J connectivity index is 2.33. The molecule has 1 rings (SSSR count). The summed E-state index contributed by atoms with van der Waals surface area (Å²) in [7, 11) is 0. The first-order chi connectivity index (χ1) is 6.93. The van der Waals surface area contributed by atoms with Crippen molar-refractivity contribution in [3.8, 4) is 0 Å². The number of hydrogen-bond acceptors (Lipinski definition) is 2. The van der Waals surface area contributed by atoms with Gasteiger partial charge >= 0.3 is 0 Å². The van der Waals surface area contributed by atoms with Gasteiger partial charge in [-0.1, -0.05) is 32.9 Å². The van der Waals surface area contributed by atoms with Gasteiger partial charge < -0.3 is 0 Å². The lowest BCUT2D eigenvalue weighted by molar-refractivity contribution is 0.118. The maximum atomic E-state index is 4.25. The molecule has 15 heavy (non-hydrogen) atoms. The Morgan fingerprint density at radius 1 is 1.33 bits per heavy atom. The topological polar surface area (TPSA) is 3.24 Å². The standard InChI is InChI=1S/C13H25NS/c1-11(10-15)9-14-7-5-12(6-8-14)13(2,3)4/h12,15H,1,5-10H2,2-4H3. The van der Waals surface area contributed by atoms with Gasteiger partial charge in [0.25, 0.3) is 0 Å². The van der Waals surface area contributed by atoms with Crippen LogP contribution in [-0.2, 0) is 0 Å². The van der Waals surface area contributed by atoms with Crippen molar-refractivity contribution >= 4 is 12.6 Å². The summed E-state index contributed by atoms with van der Waals surface area (Å²) in [6.45, 7) is 14.6. The van der Waals surface area contributed by atoms with E-state index >= 15 is 0 Å². The van der Waals surface area contributed by atoms with Crippen LogP contribution in [0.3, 0.4) is 0 Å². The van der Waals surface area contributed by atoms with Crippen LogP contribution < -0.4 is 0 Å². The SMILES string of the molecule is C=C(CS)CN1CCC(C(C)(C)C)CC1. The van der Waals surface area contributed by atoms with Crippen LogP contribution in [0, 0.1) is 11.3 Å². The van der Waals surface area contributed by atoms with E-state index in [1.54, 1.807) is 0 Å². The summed E-state index contributed by atoms with van der Waals surface area (Å²) in [6, 6.07) is 0. The molecule has 0 N–H and O–H groups in total. The van der Waals surface area contributed by atoms with Crippen molar-refractivity contribution in [1.29, 1.82) is 0 Å². The zero-order chi connectivity index (χ0) is 11.5. The van der Waals surface area contributed by atoms with E-state index in [0.717, 1.165) is 18.2 Å². The molecule has 0 aliphatic carbocycles. The summed E-state index contributed by atoms with van der Waals surface area (Å²) in [5.74, 6) is 1.71. The zero-order valence-corrected chi connectivity index (χ0v) is 11.3. The molecule has 0 saturated carbocycles. The van der Waals surface area contributed by atoms with Crippen molar-refractivity contribution in [2.24, 2.45) is 11.3 Å². The molecule has 1 nitrogen and oxygen atoms in total. The maximum Gasteiger partial charge on any atom is 0.0198 e. The number of rotatable bonds is 3. The quantitative estimate of drug-likeness (QED) is 0.572. The van der Waals surface area contributed by atoms with Gasteiger partial charge in [-0.05, 0) is 37.3 Å². The van der Waals surface area contributed by atoms with Crippen LogP contribution in [0.25, 0.3) is 0 Å². The van der Waals surface area contributed by atoms with Gasteiger partial charge in [0.05, 0.1) is 0 Å². The average molecular weight is 227 g/mol. The fourth-order valence-corrected chi connectivity index (χ4v) is 2.42. The fraction of sp³-hybridized carbons (Fsp3) is 0.846. The smallest absolute Gasteiger partial charge is 0.0198 e. The maximum absolute atomic E-state index is 4.25. The Morgan fingerprint density at radius 2 is 1.87 bits per heavy atom. The van der Waals surface area contributed by atoms with Crippen molar-refractivity contribution in [3.63, 3.8) is 0 Å². The molecule has 2 heteroatoms. The van der Waals surface area contributed by atoms with Crippen LogP contribution >= 0.6 is 12.6 Å². The number of hydrogen-bond donors (Lipinski definition) is 1. The normalized spacial score (nSPS) is 20.5. The molecule has 0 radical (unpaired) electrons. The lowest BCUT2D eigenvalue weighted by Crippen LogP contribution is -2.38. The minimum atomic E-state index is 0.479. The Hall–Kier alpha value is 0.0500. The van der Waals surface area contributed by atoms with E-state index in [4.69, 9.17) is 0 Å². The molecule has 0 bridgehead atoms. The lowest BCUT2D eigenvalue weighted by Gasteiger charge is -2.38. The van der Waals surface area contributed by atoms with E-state index in [2.05, 4.69) is 44.9 Å². The van der Waals surface area contributed by atoms with Gasteiger partial charge in [-0.3, -0.25) is 4.90 Å². The van der Waals surface area contributed by atoms with E-state index in [9.17, 15) is 0 Å². The van der Waals surface area contributed by atoms with Crippen molar-refractivity contribution in [2.75, 3.05) is 25.4 Å². The Labute approximate surface area is 100 Å². The predicted octanol–water partition coefficient (Wildman–Crippen LogP) is 3.23. The van der Waals surface area contributed by atoms with E-state index in [1.807, 2.05) is 0 Å². The number of nitrogens with zero attached hydrogens (tertiary/aromatic N) is 1. The van der Waals surface area contributed by atoms with Crippen LogP contribution in [0.15, 0.2) is 12.2 Å². The largest absolute Gasteiger partial charge is 0.299 e. The highest BCUT2D eigenvalue weighted by Crippen LogP contribution is 2.34. The van der Waals surface area contributed by atoms with Gasteiger partial charge in [-0.2, -0.15) is 12.6 Å².